The van der Waals surface area contributed by atoms with Gasteiger partial charge in [-0.15, -0.1) is 0 Å². The van der Waals surface area contributed by atoms with E-state index in [9.17, 15) is 14.4 Å². The smallest absolute Gasteiger partial charge is 0.415 e. The van der Waals surface area contributed by atoms with Crippen molar-refractivity contribution >= 4 is 35.3 Å². The normalized spacial score (nSPS) is 21.7. The van der Waals surface area contributed by atoms with Crippen molar-refractivity contribution in [2.24, 2.45) is 0 Å². The number of benzene rings is 1. The van der Waals surface area contributed by atoms with Gasteiger partial charge in [-0.05, 0) is 29.8 Å². The zero-order valence-corrected chi connectivity index (χ0v) is 16.8. The molecule has 1 aromatic heterocycles. The number of hydrogen-bond donors (Lipinski definition) is 2. The first kappa shape index (κ1) is 19.2. The van der Waals surface area contributed by atoms with Gasteiger partial charge in [0.1, 0.15) is 18.5 Å². The van der Waals surface area contributed by atoms with E-state index in [2.05, 4.69) is 15.6 Å². The van der Waals surface area contributed by atoms with Crippen molar-refractivity contribution in [1.82, 2.24) is 10.3 Å². The van der Waals surface area contributed by atoms with Gasteiger partial charge in [0.2, 0.25) is 5.91 Å². The molecule has 5 rings (SSSR count). The summed E-state index contributed by atoms with van der Waals surface area (Å²) < 4.78 is 10.4. The Kier molecular flexibility index (Phi) is 4.61. The number of ether oxygens (including phenoxy) is 2. The molecule has 3 amide bonds. The van der Waals surface area contributed by atoms with E-state index >= 15 is 0 Å². The summed E-state index contributed by atoms with van der Waals surface area (Å²) in [6, 6.07) is 9.24. The summed E-state index contributed by atoms with van der Waals surface area (Å²) in [4.78, 5) is 42.9. The number of nitrogens with one attached hydrogen (secondary N) is 2. The van der Waals surface area contributed by atoms with Crippen molar-refractivity contribution in [2.75, 3.05) is 41.4 Å². The van der Waals surface area contributed by atoms with Gasteiger partial charge in [0.25, 0.3) is 0 Å². The van der Waals surface area contributed by atoms with Crippen LogP contribution >= 0.6 is 0 Å². The van der Waals surface area contributed by atoms with Crippen LogP contribution in [-0.4, -0.2) is 61.5 Å². The van der Waals surface area contributed by atoms with Crippen LogP contribution in [0, 0.1) is 0 Å². The van der Waals surface area contributed by atoms with Crippen LogP contribution in [0.5, 0.6) is 0 Å². The number of anilines is 3. The summed E-state index contributed by atoms with van der Waals surface area (Å²) in [6.45, 7) is 3.08. The van der Waals surface area contributed by atoms with Crippen molar-refractivity contribution < 1.29 is 23.9 Å². The van der Waals surface area contributed by atoms with E-state index in [1.165, 1.54) is 11.8 Å². The molecule has 0 bridgehead atoms. The standard InChI is InChI=1S/C21H21N5O5/c1-12(27)22-11-18-17-10-23-15-8-13(2-4-16(15)26(17)21(29)31-18)14-3-5-19(24-9-14)25-6-7-30-20(25)28/h2-5,8-9,17-18,23H,6-7,10-11H2,1H3,(H,22,27). The Hall–Kier alpha value is -3.82. The average molecular weight is 423 g/mol. The first-order chi connectivity index (χ1) is 15.0. The molecule has 10 nitrogen and oxygen atoms in total. The Bertz CT molecular complexity index is 1060. The highest BCUT2D eigenvalue weighted by Crippen LogP contribution is 2.39. The van der Waals surface area contributed by atoms with E-state index in [-0.39, 0.29) is 24.6 Å². The fourth-order valence-corrected chi connectivity index (χ4v) is 4.09. The third-order valence-corrected chi connectivity index (χ3v) is 5.64. The summed E-state index contributed by atoms with van der Waals surface area (Å²) in [5.41, 5.74) is 3.36. The minimum Gasteiger partial charge on any atom is -0.447 e. The molecule has 3 aliphatic heterocycles. The molecule has 2 fully saturated rings. The summed E-state index contributed by atoms with van der Waals surface area (Å²) in [5, 5.41) is 6.08. The third-order valence-electron chi connectivity index (χ3n) is 5.64. The molecular formula is C21H21N5O5. The van der Waals surface area contributed by atoms with E-state index in [0.29, 0.717) is 25.5 Å². The summed E-state index contributed by atoms with van der Waals surface area (Å²) >= 11 is 0. The molecule has 1 aromatic carbocycles. The number of rotatable bonds is 4. The van der Waals surface area contributed by atoms with Crippen LogP contribution in [-0.2, 0) is 14.3 Å². The van der Waals surface area contributed by atoms with Crippen LogP contribution in [0.2, 0.25) is 0 Å². The fraction of sp³-hybridized carbons (Fsp3) is 0.333. The zero-order chi connectivity index (χ0) is 21.5. The van der Waals surface area contributed by atoms with E-state index in [1.807, 2.05) is 24.3 Å². The van der Waals surface area contributed by atoms with Crippen LogP contribution in [0.4, 0.5) is 26.8 Å². The lowest BCUT2D eigenvalue weighted by atomic mass is 10.0. The van der Waals surface area contributed by atoms with Gasteiger partial charge in [-0.1, -0.05) is 6.07 Å². The second-order valence-electron chi connectivity index (χ2n) is 7.58. The third kappa shape index (κ3) is 3.39. The summed E-state index contributed by atoms with van der Waals surface area (Å²) in [6.07, 6.45) is 0.495. The van der Waals surface area contributed by atoms with Gasteiger partial charge in [0, 0.05) is 25.2 Å². The Morgan fingerprint density at radius 2 is 2.06 bits per heavy atom. The Morgan fingerprint density at radius 3 is 2.77 bits per heavy atom. The molecule has 2 unspecified atom stereocenters. The molecule has 4 heterocycles. The van der Waals surface area contributed by atoms with E-state index in [1.54, 1.807) is 17.2 Å². The maximum Gasteiger partial charge on any atom is 0.415 e. The zero-order valence-electron chi connectivity index (χ0n) is 16.8. The monoisotopic (exact) mass is 423 g/mol. The Morgan fingerprint density at radius 1 is 1.23 bits per heavy atom. The number of amides is 3. The van der Waals surface area contributed by atoms with E-state index in [4.69, 9.17) is 9.47 Å². The lowest BCUT2D eigenvalue weighted by Gasteiger charge is -2.32. The highest BCUT2D eigenvalue weighted by atomic mass is 16.6. The topological polar surface area (TPSA) is 113 Å². The highest BCUT2D eigenvalue weighted by Gasteiger charge is 2.45. The molecule has 0 spiro atoms. The summed E-state index contributed by atoms with van der Waals surface area (Å²) in [7, 11) is 0. The number of cyclic esters (lactones) is 2. The second-order valence-corrected chi connectivity index (χ2v) is 7.58. The van der Waals surface area contributed by atoms with Crippen molar-refractivity contribution in [3.8, 4) is 11.1 Å². The largest absolute Gasteiger partial charge is 0.447 e. The van der Waals surface area contributed by atoms with Crippen LogP contribution < -0.4 is 20.4 Å². The quantitative estimate of drug-likeness (QED) is 0.773. The maximum atomic E-state index is 12.5. The van der Waals surface area contributed by atoms with Crippen LogP contribution in [0.1, 0.15) is 6.92 Å². The molecular weight excluding hydrogens is 402 g/mol. The van der Waals surface area contributed by atoms with Crippen LogP contribution in [0.3, 0.4) is 0 Å². The number of carbonyl (C=O) groups is 3. The molecule has 160 valence electrons. The van der Waals surface area contributed by atoms with Crippen LogP contribution in [0.15, 0.2) is 36.5 Å². The Balaban J connectivity index is 1.37. The van der Waals surface area contributed by atoms with Gasteiger partial charge in [-0.3, -0.25) is 14.6 Å². The summed E-state index contributed by atoms with van der Waals surface area (Å²) in [5.74, 6) is 0.389. The lowest BCUT2D eigenvalue weighted by Crippen LogP contribution is -2.48. The molecule has 2 atom stereocenters. The molecule has 0 saturated carbocycles. The van der Waals surface area contributed by atoms with Gasteiger partial charge in [0.15, 0.2) is 0 Å². The minimum atomic E-state index is -0.417. The van der Waals surface area contributed by atoms with Gasteiger partial charge in [-0.2, -0.15) is 0 Å². The number of nitrogens with zero attached hydrogens (tertiary/aromatic N) is 3. The fourth-order valence-electron chi connectivity index (χ4n) is 4.09. The molecule has 10 heteroatoms. The number of pyridine rings is 1. The minimum absolute atomic E-state index is 0.162. The first-order valence-corrected chi connectivity index (χ1v) is 10.0. The van der Waals surface area contributed by atoms with E-state index in [0.717, 1.165) is 22.5 Å². The highest BCUT2D eigenvalue weighted by molar-refractivity contribution is 5.97. The van der Waals surface area contributed by atoms with Crippen molar-refractivity contribution in [3.05, 3.63) is 36.5 Å². The van der Waals surface area contributed by atoms with Crippen molar-refractivity contribution in [2.45, 2.75) is 19.1 Å². The van der Waals surface area contributed by atoms with Crippen molar-refractivity contribution in [3.63, 3.8) is 0 Å². The predicted molar refractivity (Wildman–Crippen MR) is 112 cm³/mol. The number of aromatic nitrogens is 1. The number of carbonyl (C=O) groups excluding carboxylic acids is 3. The van der Waals surface area contributed by atoms with Gasteiger partial charge in [0.05, 0.1) is 30.5 Å². The van der Waals surface area contributed by atoms with Gasteiger partial charge < -0.3 is 20.1 Å². The number of fused-ring (bicyclic) bond motifs is 3. The molecule has 2 aromatic rings. The molecule has 0 aliphatic carbocycles. The van der Waals surface area contributed by atoms with Gasteiger partial charge >= 0.3 is 12.2 Å². The number of hydrogen-bond acceptors (Lipinski definition) is 7. The first-order valence-electron chi connectivity index (χ1n) is 10.0. The average Bonchev–Trinajstić information content (AvgIpc) is 3.35. The maximum absolute atomic E-state index is 12.5. The lowest BCUT2D eigenvalue weighted by molar-refractivity contribution is -0.119. The molecule has 0 radical (unpaired) electrons. The molecule has 2 saturated heterocycles. The SMILES string of the molecule is CC(=O)NCC1OC(=O)N2c3ccc(-c4ccc(N5CCOC5=O)nc4)cc3NCC12. The molecule has 31 heavy (non-hydrogen) atoms. The predicted octanol–water partition coefficient (Wildman–Crippen LogP) is 1.96. The molecule has 3 aliphatic rings. The molecule has 2 N–H and O–H groups in total. The second kappa shape index (κ2) is 7.46. The van der Waals surface area contributed by atoms with Crippen LogP contribution in [0.25, 0.3) is 11.1 Å². The van der Waals surface area contributed by atoms with Crippen molar-refractivity contribution in [1.29, 1.82) is 0 Å². The Labute approximate surface area is 178 Å². The van der Waals surface area contributed by atoms with Gasteiger partial charge in [-0.25, -0.2) is 14.6 Å². The van der Waals surface area contributed by atoms with E-state index < -0.39 is 12.2 Å².